The largest absolute Gasteiger partial charge is 0.507 e. The first-order valence-electron chi connectivity index (χ1n) is 8.70. The highest BCUT2D eigenvalue weighted by molar-refractivity contribution is 7.16. The molecule has 1 N–H and O–H groups in total. The summed E-state index contributed by atoms with van der Waals surface area (Å²) in [6, 6.07) is 23.8. The third-order valence-electron chi connectivity index (χ3n) is 4.30. The van der Waals surface area contributed by atoms with Crippen LogP contribution in [0.1, 0.15) is 16.7 Å². The molecule has 5 heteroatoms. The molecule has 0 fully saturated rings. The molecule has 0 aliphatic carbocycles. The van der Waals surface area contributed by atoms with Gasteiger partial charge in [0, 0.05) is 5.56 Å². The van der Waals surface area contributed by atoms with Crippen LogP contribution in [0.2, 0.25) is 0 Å². The number of aromatic nitrogens is 1. The van der Waals surface area contributed by atoms with E-state index < -0.39 is 0 Å². The van der Waals surface area contributed by atoms with Crippen LogP contribution in [0.5, 0.6) is 5.75 Å². The second kappa shape index (κ2) is 7.60. The molecular weight excluding hydrogens is 354 g/mol. The van der Waals surface area contributed by atoms with Gasteiger partial charge < -0.3 is 9.67 Å². The number of benzene rings is 3. The number of fused-ring (bicyclic) bond motifs is 1. The molecule has 4 nitrogen and oxygen atoms in total. The van der Waals surface area contributed by atoms with E-state index in [-0.39, 0.29) is 5.75 Å². The van der Waals surface area contributed by atoms with E-state index in [4.69, 9.17) is 0 Å². The van der Waals surface area contributed by atoms with Crippen LogP contribution in [0, 0.1) is 6.92 Å². The van der Waals surface area contributed by atoms with Crippen LogP contribution in [0.4, 0.5) is 0 Å². The minimum atomic E-state index is 0.195. The molecule has 0 amide bonds. The lowest BCUT2D eigenvalue weighted by atomic mass is 10.2. The number of aromatic hydroxyl groups is 1. The summed E-state index contributed by atoms with van der Waals surface area (Å²) in [5, 5.41) is 18.5. The summed E-state index contributed by atoms with van der Waals surface area (Å²) in [5.74, 6) is 0.195. The Balaban J connectivity index is 1.79. The molecule has 0 spiro atoms. The van der Waals surface area contributed by atoms with E-state index >= 15 is 0 Å². The van der Waals surface area contributed by atoms with Gasteiger partial charge in [-0.05, 0) is 42.3 Å². The summed E-state index contributed by atoms with van der Waals surface area (Å²) in [5.41, 5.74) is 4.22. The van der Waals surface area contributed by atoms with Gasteiger partial charge >= 0.3 is 0 Å². The number of phenolic OH excluding ortho intramolecular Hbond substituents is 1. The standard InChI is InChI=1S/C22H19N3OS/c1-16-11-12-19-21(13-16)27-22(25(19)15-17-7-3-2-4-8-17)24-23-14-18-9-5-6-10-20(18)26/h2-14,26H,15H2,1H3/b23-14-,24-22-. The minimum Gasteiger partial charge on any atom is -0.507 e. The van der Waals surface area contributed by atoms with Gasteiger partial charge in [0.1, 0.15) is 5.75 Å². The van der Waals surface area contributed by atoms with Crippen molar-refractivity contribution in [3.05, 3.63) is 94.3 Å². The lowest BCUT2D eigenvalue weighted by molar-refractivity contribution is 0.474. The molecule has 4 aromatic rings. The van der Waals surface area contributed by atoms with Crippen molar-refractivity contribution in [2.24, 2.45) is 10.2 Å². The maximum Gasteiger partial charge on any atom is 0.211 e. The fourth-order valence-electron chi connectivity index (χ4n) is 2.91. The molecule has 0 atom stereocenters. The van der Waals surface area contributed by atoms with Crippen molar-refractivity contribution in [1.82, 2.24) is 4.57 Å². The average molecular weight is 373 g/mol. The van der Waals surface area contributed by atoms with Gasteiger partial charge in [-0.15, -0.1) is 5.10 Å². The van der Waals surface area contributed by atoms with Crippen LogP contribution >= 0.6 is 11.3 Å². The van der Waals surface area contributed by atoms with Crippen LogP contribution in [0.15, 0.2) is 83.0 Å². The zero-order chi connectivity index (χ0) is 18.6. The van der Waals surface area contributed by atoms with Gasteiger partial charge in [0.15, 0.2) is 0 Å². The highest BCUT2D eigenvalue weighted by Gasteiger charge is 2.07. The maximum absolute atomic E-state index is 9.87. The molecule has 0 saturated carbocycles. The predicted octanol–water partition coefficient (Wildman–Crippen LogP) is 4.70. The molecule has 3 aromatic carbocycles. The molecule has 0 bridgehead atoms. The molecule has 0 unspecified atom stereocenters. The highest BCUT2D eigenvalue weighted by Crippen LogP contribution is 2.20. The molecule has 0 radical (unpaired) electrons. The van der Waals surface area contributed by atoms with Crippen LogP contribution in [-0.4, -0.2) is 15.9 Å². The second-order valence-corrected chi connectivity index (χ2v) is 7.34. The highest BCUT2D eigenvalue weighted by atomic mass is 32.1. The van der Waals surface area contributed by atoms with Gasteiger partial charge in [0.2, 0.25) is 4.80 Å². The Morgan fingerprint density at radius 1 is 1.00 bits per heavy atom. The van der Waals surface area contributed by atoms with E-state index in [1.807, 2.05) is 24.3 Å². The molecule has 0 aliphatic heterocycles. The Bertz CT molecular complexity index is 1170. The summed E-state index contributed by atoms with van der Waals surface area (Å²) < 4.78 is 3.36. The predicted molar refractivity (Wildman–Crippen MR) is 111 cm³/mol. The SMILES string of the molecule is Cc1ccc2c(c1)s/c(=N\N=C/c1ccccc1O)n2Cc1ccccc1. The molecule has 4 rings (SSSR count). The molecule has 1 heterocycles. The zero-order valence-corrected chi connectivity index (χ0v) is 15.7. The smallest absolute Gasteiger partial charge is 0.211 e. The molecule has 1 aromatic heterocycles. The monoisotopic (exact) mass is 373 g/mol. The van der Waals surface area contributed by atoms with Gasteiger partial charge in [-0.3, -0.25) is 0 Å². The van der Waals surface area contributed by atoms with Gasteiger partial charge in [-0.2, -0.15) is 5.10 Å². The van der Waals surface area contributed by atoms with E-state index in [0.717, 1.165) is 16.9 Å². The fourth-order valence-corrected chi connectivity index (χ4v) is 4.00. The van der Waals surface area contributed by atoms with Crippen molar-refractivity contribution in [2.75, 3.05) is 0 Å². The van der Waals surface area contributed by atoms with Crippen LogP contribution in [0.25, 0.3) is 10.2 Å². The molecule has 0 aliphatic rings. The lowest BCUT2D eigenvalue weighted by Gasteiger charge is -2.05. The number of aryl methyl sites for hydroxylation is 1. The lowest BCUT2D eigenvalue weighted by Crippen LogP contribution is -2.15. The quantitative estimate of drug-likeness (QED) is 0.409. The Hall–Kier alpha value is -3.18. The Kier molecular flexibility index (Phi) is 4.85. The van der Waals surface area contributed by atoms with Crippen molar-refractivity contribution in [3.63, 3.8) is 0 Å². The van der Waals surface area contributed by atoms with Crippen LogP contribution in [-0.2, 0) is 6.54 Å². The van der Waals surface area contributed by atoms with Crippen molar-refractivity contribution in [3.8, 4) is 5.75 Å². The number of para-hydroxylation sites is 1. The second-order valence-electron chi connectivity index (χ2n) is 6.33. The van der Waals surface area contributed by atoms with E-state index in [1.54, 1.807) is 35.8 Å². The Morgan fingerprint density at radius 2 is 1.78 bits per heavy atom. The van der Waals surface area contributed by atoms with Gasteiger partial charge in [-0.25, -0.2) is 0 Å². The van der Waals surface area contributed by atoms with Crippen LogP contribution in [0.3, 0.4) is 0 Å². The topological polar surface area (TPSA) is 49.9 Å². The van der Waals surface area contributed by atoms with Gasteiger partial charge in [-0.1, -0.05) is 59.9 Å². The number of phenols is 1. The van der Waals surface area contributed by atoms with E-state index in [2.05, 4.69) is 52.0 Å². The minimum absolute atomic E-state index is 0.195. The third-order valence-corrected chi connectivity index (χ3v) is 5.33. The first-order chi connectivity index (χ1) is 13.2. The molecular formula is C22H19N3OS. The Morgan fingerprint density at radius 3 is 2.59 bits per heavy atom. The number of rotatable bonds is 4. The van der Waals surface area contributed by atoms with Crippen molar-refractivity contribution in [2.45, 2.75) is 13.5 Å². The number of hydrogen-bond acceptors (Lipinski definition) is 4. The third kappa shape index (κ3) is 3.83. The van der Waals surface area contributed by atoms with E-state index in [0.29, 0.717) is 5.56 Å². The zero-order valence-electron chi connectivity index (χ0n) is 14.9. The van der Waals surface area contributed by atoms with Crippen molar-refractivity contribution >= 4 is 27.8 Å². The Labute approximate surface area is 161 Å². The number of hydrogen-bond donors (Lipinski definition) is 1. The van der Waals surface area contributed by atoms with E-state index in [1.165, 1.54) is 15.8 Å². The van der Waals surface area contributed by atoms with Gasteiger partial charge in [0.25, 0.3) is 0 Å². The van der Waals surface area contributed by atoms with Gasteiger partial charge in [0.05, 0.1) is 23.0 Å². The fraction of sp³-hybridized carbons (Fsp3) is 0.0909. The molecule has 134 valence electrons. The molecule has 0 saturated heterocycles. The maximum atomic E-state index is 9.87. The normalized spacial score (nSPS) is 12.3. The number of thiazole rings is 1. The summed E-state index contributed by atoms with van der Waals surface area (Å²) >= 11 is 1.62. The van der Waals surface area contributed by atoms with E-state index in [9.17, 15) is 5.11 Å². The first kappa shape index (κ1) is 17.2. The molecule has 27 heavy (non-hydrogen) atoms. The van der Waals surface area contributed by atoms with Crippen molar-refractivity contribution < 1.29 is 5.11 Å². The van der Waals surface area contributed by atoms with Crippen LogP contribution < -0.4 is 4.80 Å². The average Bonchev–Trinajstić information content (AvgIpc) is 3.00. The summed E-state index contributed by atoms with van der Waals surface area (Å²) in [4.78, 5) is 0.825. The summed E-state index contributed by atoms with van der Waals surface area (Å²) in [6.07, 6.45) is 1.58. The summed E-state index contributed by atoms with van der Waals surface area (Å²) in [7, 11) is 0. The first-order valence-corrected chi connectivity index (χ1v) is 9.51. The summed E-state index contributed by atoms with van der Waals surface area (Å²) in [6.45, 7) is 2.82. The number of nitrogens with zero attached hydrogens (tertiary/aromatic N) is 3. The van der Waals surface area contributed by atoms with Crippen molar-refractivity contribution in [1.29, 1.82) is 0 Å².